The lowest BCUT2D eigenvalue weighted by Crippen LogP contribution is -2.31. The first-order chi connectivity index (χ1) is 15.6. The number of hydrogen-bond acceptors (Lipinski definition) is 5. The van der Waals surface area contributed by atoms with Gasteiger partial charge in [-0.05, 0) is 42.7 Å². The minimum Gasteiger partial charge on any atom is -0.507 e. The molecule has 1 fully saturated rings. The lowest BCUT2D eigenvalue weighted by molar-refractivity contribution is -0.139. The average molecular weight is 428 g/mol. The standard InChI is InChI=1S/C26H24N2O4/c1-2-32-21-12-6-10-19(16-21)24(29)22-23(20-11-7-14-27-17-20)28(26(31)25(22)30)15-13-18-8-4-3-5-9-18/h3-12,14,16-17,23,29H,2,13,15H2,1H3. The van der Waals surface area contributed by atoms with Crippen molar-refractivity contribution in [1.82, 2.24) is 9.88 Å². The molecule has 0 bridgehead atoms. The number of Topliss-reactive ketones (excluding diaryl/α,β-unsaturated/α-hetero) is 1. The van der Waals surface area contributed by atoms with E-state index in [1.165, 1.54) is 4.90 Å². The predicted octanol–water partition coefficient (Wildman–Crippen LogP) is 4.14. The summed E-state index contributed by atoms with van der Waals surface area (Å²) in [5.41, 5.74) is 2.21. The predicted molar refractivity (Wildman–Crippen MR) is 121 cm³/mol. The summed E-state index contributed by atoms with van der Waals surface area (Å²) in [6.45, 7) is 2.68. The molecule has 2 aromatic carbocycles. The molecule has 0 spiro atoms. The molecular weight excluding hydrogens is 404 g/mol. The van der Waals surface area contributed by atoms with Crippen LogP contribution in [0.3, 0.4) is 0 Å². The fourth-order valence-corrected chi connectivity index (χ4v) is 3.94. The van der Waals surface area contributed by atoms with Crippen LogP contribution in [-0.2, 0) is 16.0 Å². The van der Waals surface area contributed by atoms with E-state index in [9.17, 15) is 14.7 Å². The van der Waals surface area contributed by atoms with E-state index in [0.29, 0.717) is 36.4 Å². The maximum absolute atomic E-state index is 13.1. The van der Waals surface area contributed by atoms with Gasteiger partial charge in [-0.3, -0.25) is 14.6 Å². The highest BCUT2D eigenvalue weighted by Gasteiger charge is 2.45. The molecule has 1 saturated heterocycles. The number of likely N-dealkylation sites (tertiary alicyclic amines) is 1. The van der Waals surface area contributed by atoms with Gasteiger partial charge in [-0.2, -0.15) is 0 Å². The van der Waals surface area contributed by atoms with E-state index in [2.05, 4.69) is 4.98 Å². The molecule has 2 heterocycles. The van der Waals surface area contributed by atoms with Crippen molar-refractivity contribution in [3.8, 4) is 5.75 Å². The topological polar surface area (TPSA) is 79.7 Å². The Hall–Kier alpha value is -3.93. The van der Waals surface area contributed by atoms with Gasteiger partial charge in [-0.25, -0.2) is 0 Å². The minimum absolute atomic E-state index is 0.0599. The summed E-state index contributed by atoms with van der Waals surface area (Å²) >= 11 is 0. The third-order valence-corrected chi connectivity index (χ3v) is 5.44. The van der Waals surface area contributed by atoms with Crippen molar-refractivity contribution < 1.29 is 19.4 Å². The smallest absolute Gasteiger partial charge is 0.295 e. The Bertz CT molecular complexity index is 1140. The van der Waals surface area contributed by atoms with Crippen LogP contribution in [0, 0.1) is 0 Å². The van der Waals surface area contributed by atoms with Crippen molar-refractivity contribution in [3.05, 3.63) is 101 Å². The molecule has 0 saturated carbocycles. The number of carbonyl (C=O) groups excluding carboxylic acids is 2. The number of rotatable bonds is 7. The van der Waals surface area contributed by atoms with Crippen molar-refractivity contribution in [3.63, 3.8) is 0 Å². The SMILES string of the molecule is CCOc1cccc(C(O)=C2C(=O)C(=O)N(CCc3ccccc3)C2c2cccnc2)c1. The quantitative estimate of drug-likeness (QED) is 0.348. The Balaban J connectivity index is 1.76. The summed E-state index contributed by atoms with van der Waals surface area (Å²) in [5.74, 6) is -0.975. The Morgan fingerprint density at radius 2 is 1.88 bits per heavy atom. The first-order valence-electron chi connectivity index (χ1n) is 10.6. The van der Waals surface area contributed by atoms with Crippen molar-refractivity contribution in [1.29, 1.82) is 0 Å². The van der Waals surface area contributed by atoms with Crippen LogP contribution in [0.2, 0.25) is 0 Å². The molecule has 1 N–H and O–H groups in total. The monoisotopic (exact) mass is 428 g/mol. The Morgan fingerprint density at radius 3 is 2.59 bits per heavy atom. The van der Waals surface area contributed by atoms with E-state index in [-0.39, 0.29) is 11.3 Å². The summed E-state index contributed by atoms with van der Waals surface area (Å²) in [5, 5.41) is 11.1. The summed E-state index contributed by atoms with van der Waals surface area (Å²) in [6, 6.07) is 19.5. The Kier molecular flexibility index (Phi) is 6.31. The van der Waals surface area contributed by atoms with Gasteiger partial charge < -0.3 is 14.7 Å². The van der Waals surface area contributed by atoms with Gasteiger partial charge in [0.1, 0.15) is 11.5 Å². The van der Waals surface area contributed by atoms with E-state index in [0.717, 1.165) is 5.56 Å². The van der Waals surface area contributed by atoms with Gasteiger partial charge >= 0.3 is 0 Å². The van der Waals surface area contributed by atoms with Gasteiger partial charge in [0.05, 0.1) is 18.2 Å². The van der Waals surface area contributed by atoms with Gasteiger partial charge in [0.15, 0.2) is 0 Å². The van der Waals surface area contributed by atoms with Crippen molar-refractivity contribution in [2.75, 3.05) is 13.2 Å². The first kappa shape index (κ1) is 21.3. The van der Waals surface area contributed by atoms with E-state index in [1.54, 1.807) is 42.7 Å². The molecule has 162 valence electrons. The molecule has 4 rings (SSSR count). The summed E-state index contributed by atoms with van der Waals surface area (Å²) < 4.78 is 5.52. The van der Waals surface area contributed by atoms with Crippen molar-refractivity contribution in [2.45, 2.75) is 19.4 Å². The van der Waals surface area contributed by atoms with Crippen molar-refractivity contribution in [2.24, 2.45) is 0 Å². The maximum Gasteiger partial charge on any atom is 0.295 e. The largest absolute Gasteiger partial charge is 0.507 e. The molecule has 1 amide bonds. The zero-order chi connectivity index (χ0) is 22.5. The number of nitrogens with zero attached hydrogens (tertiary/aromatic N) is 2. The normalized spacial score (nSPS) is 17.5. The number of aliphatic hydroxyl groups excluding tert-OH is 1. The van der Waals surface area contributed by atoms with Crippen LogP contribution in [0.4, 0.5) is 0 Å². The van der Waals surface area contributed by atoms with Crippen LogP contribution < -0.4 is 4.74 Å². The van der Waals surface area contributed by atoms with Gasteiger partial charge in [0, 0.05) is 24.5 Å². The number of ketones is 1. The molecule has 6 nitrogen and oxygen atoms in total. The summed E-state index contributed by atoms with van der Waals surface area (Å²) in [7, 11) is 0. The number of amides is 1. The maximum atomic E-state index is 13.1. The molecule has 1 aromatic heterocycles. The summed E-state index contributed by atoms with van der Waals surface area (Å²) in [6.07, 6.45) is 3.84. The van der Waals surface area contributed by atoms with Crippen LogP contribution >= 0.6 is 0 Å². The van der Waals surface area contributed by atoms with Crippen LogP contribution in [-0.4, -0.2) is 39.8 Å². The first-order valence-corrected chi connectivity index (χ1v) is 10.6. The molecule has 0 aliphatic carbocycles. The number of carbonyl (C=O) groups is 2. The number of hydrogen-bond donors (Lipinski definition) is 1. The Morgan fingerprint density at radius 1 is 1.06 bits per heavy atom. The van der Waals surface area contributed by atoms with Crippen LogP contribution in [0.15, 0.2) is 84.7 Å². The Labute approximate surface area is 186 Å². The third-order valence-electron chi connectivity index (χ3n) is 5.44. The van der Waals surface area contributed by atoms with E-state index in [1.807, 2.05) is 43.3 Å². The zero-order valence-corrected chi connectivity index (χ0v) is 17.8. The minimum atomic E-state index is -0.719. The fourth-order valence-electron chi connectivity index (χ4n) is 3.94. The number of ether oxygens (including phenoxy) is 1. The third kappa shape index (κ3) is 4.25. The molecule has 1 aliphatic rings. The number of pyridine rings is 1. The van der Waals surface area contributed by atoms with Gasteiger partial charge in [-0.1, -0.05) is 48.5 Å². The molecule has 1 unspecified atom stereocenters. The molecular formula is C26H24N2O4. The van der Waals surface area contributed by atoms with Crippen molar-refractivity contribution >= 4 is 17.4 Å². The number of aliphatic hydroxyl groups is 1. The second kappa shape index (κ2) is 9.47. The van der Waals surface area contributed by atoms with Crippen LogP contribution in [0.25, 0.3) is 5.76 Å². The van der Waals surface area contributed by atoms with Gasteiger partial charge in [0.2, 0.25) is 0 Å². The van der Waals surface area contributed by atoms with Gasteiger partial charge in [0.25, 0.3) is 11.7 Å². The molecule has 1 atom stereocenters. The number of benzene rings is 2. The second-order valence-corrected chi connectivity index (χ2v) is 7.48. The van der Waals surface area contributed by atoms with Crippen LogP contribution in [0.1, 0.15) is 29.7 Å². The average Bonchev–Trinajstić information content (AvgIpc) is 3.09. The molecule has 1 aliphatic heterocycles. The highest BCUT2D eigenvalue weighted by molar-refractivity contribution is 6.46. The van der Waals surface area contributed by atoms with E-state index < -0.39 is 17.7 Å². The number of aromatic nitrogens is 1. The lowest BCUT2D eigenvalue weighted by Gasteiger charge is -2.25. The molecule has 32 heavy (non-hydrogen) atoms. The lowest BCUT2D eigenvalue weighted by atomic mass is 9.96. The fraction of sp³-hybridized carbons (Fsp3) is 0.192. The molecule has 3 aromatic rings. The highest BCUT2D eigenvalue weighted by Crippen LogP contribution is 2.39. The van der Waals surface area contributed by atoms with E-state index >= 15 is 0 Å². The molecule has 6 heteroatoms. The summed E-state index contributed by atoms with van der Waals surface area (Å²) in [4.78, 5) is 31.8. The second-order valence-electron chi connectivity index (χ2n) is 7.48. The van der Waals surface area contributed by atoms with Crippen LogP contribution in [0.5, 0.6) is 5.75 Å². The highest BCUT2D eigenvalue weighted by atomic mass is 16.5. The van der Waals surface area contributed by atoms with E-state index in [4.69, 9.17) is 4.74 Å². The molecule has 0 radical (unpaired) electrons. The van der Waals surface area contributed by atoms with Gasteiger partial charge in [-0.15, -0.1) is 0 Å². The zero-order valence-electron chi connectivity index (χ0n) is 17.8.